The molecule has 1 atom stereocenters. The lowest BCUT2D eigenvalue weighted by Crippen LogP contribution is -2.20. The molecular weight excluding hydrogens is 374 g/mol. The molecule has 28 heavy (non-hydrogen) atoms. The first-order valence-electron chi connectivity index (χ1n) is 9.22. The van der Waals surface area contributed by atoms with Gasteiger partial charge in [-0.2, -0.15) is 0 Å². The van der Waals surface area contributed by atoms with Gasteiger partial charge in [-0.3, -0.25) is 4.79 Å². The average Bonchev–Trinajstić information content (AvgIpc) is 3.07. The molecule has 0 saturated heterocycles. The second kappa shape index (κ2) is 8.89. The number of amides is 1. The minimum Gasteiger partial charge on any atom is -0.491 e. The molecule has 1 aromatic heterocycles. The SMILES string of the molecule is CCOc1c(C(=O)OC)sc2ccc(NC(=O)[C@@H](CC)c3ccccc3)cc12. The van der Waals surface area contributed by atoms with Crippen LogP contribution in [0, 0.1) is 0 Å². The molecule has 0 saturated carbocycles. The normalized spacial score (nSPS) is 11.8. The molecule has 0 aliphatic heterocycles. The van der Waals surface area contributed by atoms with Crippen LogP contribution in [0.1, 0.15) is 41.4 Å². The Morgan fingerprint density at radius 1 is 1.11 bits per heavy atom. The number of carbonyl (C=O) groups excluding carboxylic acids is 2. The zero-order chi connectivity index (χ0) is 20.1. The molecule has 0 bridgehead atoms. The lowest BCUT2D eigenvalue weighted by Gasteiger charge is -2.15. The van der Waals surface area contributed by atoms with Gasteiger partial charge in [0.1, 0.15) is 0 Å². The maximum atomic E-state index is 12.8. The Bertz CT molecular complexity index is 981. The number of benzene rings is 2. The fourth-order valence-electron chi connectivity index (χ4n) is 3.15. The minimum atomic E-state index is -0.426. The molecule has 5 nitrogen and oxygen atoms in total. The molecule has 0 aliphatic carbocycles. The Kier molecular flexibility index (Phi) is 6.31. The van der Waals surface area contributed by atoms with E-state index < -0.39 is 5.97 Å². The Balaban J connectivity index is 1.92. The first kappa shape index (κ1) is 19.9. The molecule has 0 radical (unpaired) electrons. The van der Waals surface area contributed by atoms with Crippen molar-refractivity contribution in [3.05, 3.63) is 59.0 Å². The number of hydrogen-bond acceptors (Lipinski definition) is 5. The van der Waals surface area contributed by atoms with Crippen molar-refractivity contribution in [1.82, 2.24) is 0 Å². The van der Waals surface area contributed by atoms with Crippen molar-refractivity contribution >= 4 is 39.0 Å². The van der Waals surface area contributed by atoms with Gasteiger partial charge in [0.15, 0.2) is 10.6 Å². The molecule has 0 aliphatic rings. The third-order valence-corrected chi connectivity index (χ3v) is 5.63. The molecule has 6 heteroatoms. The largest absolute Gasteiger partial charge is 0.491 e. The lowest BCUT2D eigenvalue weighted by molar-refractivity contribution is -0.117. The van der Waals surface area contributed by atoms with E-state index in [2.05, 4.69) is 5.32 Å². The van der Waals surface area contributed by atoms with Gasteiger partial charge in [-0.05, 0) is 37.1 Å². The fraction of sp³-hybridized carbons (Fsp3) is 0.273. The van der Waals surface area contributed by atoms with Gasteiger partial charge < -0.3 is 14.8 Å². The molecule has 1 heterocycles. The maximum absolute atomic E-state index is 12.8. The monoisotopic (exact) mass is 397 g/mol. The number of anilines is 1. The van der Waals surface area contributed by atoms with Crippen LogP contribution in [-0.4, -0.2) is 25.6 Å². The summed E-state index contributed by atoms with van der Waals surface area (Å²) in [4.78, 5) is 25.3. The number of rotatable bonds is 7. The molecule has 0 fully saturated rings. The van der Waals surface area contributed by atoms with Crippen molar-refractivity contribution in [2.45, 2.75) is 26.2 Å². The molecule has 3 aromatic rings. The van der Waals surface area contributed by atoms with Crippen LogP contribution in [0.3, 0.4) is 0 Å². The van der Waals surface area contributed by atoms with Crippen LogP contribution in [-0.2, 0) is 9.53 Å². The van der Waals surface area contributed by atoms with E-state index in [1.807, 2.05) is 62.4 Å². The van der Waals surface area contributed by atoms with Gasteiger partial charge in [0.25, 0.3) is 0 Å². The summed E-state index contributed by atoms with van der Waals surface area (Å²) < 4.78 is 11.5. The molecule has 1 N–H and O–H groups in total. The summed E-state index contributed by atoms with van der Waals surface area (Å²) >= 11 is 1.32. The van der Waals surface area contributed by atoms with Crippen molar-refractivity contribution in [3.63, 3.8) is 0 Å². The maximum Gasteiger partial charge on any atom is 0.351 e. The van der Waals surface area contributed by atoms with Crippen molar-refractivity contribution in [3.8, 4) is 5.75 Å². The average molecular weight is 397 g/mol. The van der Waals surface area contributed by atoms with E-state index in [0.717, 1.165) is 15.6 Å². The summed E-state index contributed by atoms with van der Waals surface area (Å²) in [5, 5.41) is 3.79. The van der Waals surface area contributed by atoms with E-state index in [1.165, 1.54) is 18.4 Å². The molecule has 3 rings (SSSR count). The van der Waals surface area contributed by atoms with Crippen LogP contribution in [0.2, 0.25) is 0 Å². The molecule has 2 aromatic carbocycles. The summed E-state index contributed by atoms with van der Waals surface area (Å²) in [7, 11) is 1.35. The highest BCUT2D eigenvalue weighted by molar-refractivity contribution is 7.21. The van der Waals surface area contributed by atoms with E-state index in [-0.39, 0.29) is 11.8 Å². The number of nitrogens with one attached hydrogen (secondary N) is 1. The molecule has 146 valence electrons. The van der Waals surface area contributed by atoms with Crippen LogP contribution in [0.4, 0.5) is 5.69 Å². The molecule has 0 unspecified atom stereocenters. The van der Waals surface area contributed by atoms with E-state index in [9.17, 15) is 9.59 Å². The lowest BCUT2D eigenvalue weighted by atomic mass is 9.95. The number of ether oxygens (including phenoxy) is 2. The predicted molar refractivity (Wildman–Crippen MR) is 112 cm³/mol. The smallest absolute Gasteiger partial charge is 0.351 e. The van der Waals surface area contributed by atoms with Crippen molar-refractivity contribution in [1.29, 1.82) is 0 Å². The number of carbonyl (C=O) groups is 2. The summed E-state index contributed by atoms with van der Waals surface area (Å²) in [6.45, 7) is 4.29. The van der Waals surface area contributed by atoms with Crippen molar-refractivity contribution in [2.75, 3.05) is 19.0 Å². The number of fused-ring (bicyclic) bond motifs is 1. The van der Waals surface area contributed by atoms with Crippen LogP contribution in [0.5, 0.6) is 5.75 Å². The van der Waals surface area contributed by atoms with E-state index in [0.29, 0.717) is 29.3 Å². The van der Waals surface area contributed by atoms with Gasteiger partial charge in [0, 0.05) is 15.8 Å². The Hall–Kier alpha value is -2.86. The quantitative estimate of drug-likeness (QED) is 0.555. The Morgan fingerprint density at radius 3 is 2.50 bits per heavy atom. The van der Waals surface area contributed by atoms with Gasteiger partial charge in [-0.15, -0.1) is 11.3 Å². The summed E-state index contributed by atoms with van der Waals surface area (Å²) in [6.07, 6.45) is 0.702. The highest BCUT2D eigenvalue weighted by atomic mass is 32.1. The highest BCUT2D eigenvalue weighted by Gasteiger charge is 2.22. The fourth-order valence-corrected chi connectivity index (χ4v) is 4.20. The van der Waals surface area contributed by atoms with Gasteiger partial charge in [-0.25, -0.2) is 4.79 Å². The molecule has 1 amide bonds. The predicted octanol–water partition coefficient (Wildman–Crippen LogP) is 5.22. The second-order valence-corrected chi connectivity index (χ2v) is 7.31. The van der Waals surface area contributed by atoms with Crippen molar-refractivity contribution < 1.29 is 19.1 Å². The van der Waals surface area contributed by atoms with E-state index in [4.69, 9.17) is 9.47 Å². The number of esters is 1. The number of hydrogen-bond donors (Lipinski definition) is 1. The zero-order valence-corrected chi connectivity index (χ0v) is 17.0. The van der Waals surface area contributed by atoms with E-state index in [1.54, 1.807) is 0 Å². The van der Waals surface area contributed by atoms with Gasteiger partial charge in [0.05, 0.1) is 19.6 Å². The summed E-state index contributed by atoms with van der Waals surface area (Å²) in [5.74, 6) is -0.211. The van der Waals surface area contributed by atoms with Crippen molar-refractivity contribution in [2.24, 2.45) is 0 Å². The van der Waals surface area contributed by atoms with E-state index >= 15 is 0 Å². The standard InChI is InChI=1S/C22H23NO4S/c1-4-16(14-9-7-6-8-10-14)21(24)23-15-11-12-18-17(13-15)19(27-5-2)20(28-18)22(25)26-3/h6-13,16H,4-5H2,1-3H3,(H,23,24)/t16-/m0/s1. The first-order chi connectivity index (χ1) is 13.6. The number of thiophene rings is 1. The van der Waals surface area contributed by atoms with Gasteiger partial charge >= 0.3 is 5.97 Å². The topological polar surface area (TPSA) is 64.6 Å². The highest BCUT2D eigenvalue weighted by Crippen LogP contribution is 2.39. The Morgan fingerprint density at radius 2 is 1.86 bits per heavy atom. The van der Waals surface area contributed by atoms with Gasteiger partial charge in [-0.1, -0.05) is 37.3 Å². The third-order valence-electron chi connectivity index (χ3n) is 4.50. The minimum absolute atomic E-state index is 0.0607. The molecule has 0 spiro atoms. The first-order valence-corrected chi connectivity index (χ1v) is 10.0. The second-order valence-electron chi connectivity index (χ2n) is 6.26. The third kappa shape index (κ3) is 4.02. The molecular formula is C22H23NO4S. The zero-order valence-electron chi connectivity index (χ0n) is 16.2. The van der Waals surface area contributed by atoms with Crippen LogP contribution in [0.15, 0.2) is 48.5 Å². The van der Waals surface area contributed by atoms with Gasteiger partial charge in [0.2, 0.25) is 5.91 Å². The van der Waals surface area contributed by atoms with Crippen LogP contribution >= 0.6 is 11.3 Å². The summed E-state index contributed by atoms with van der Waals surface area (Å²) in [6, 6.07) is 15.3. The Labute approximate surface area is 168 Å². The van der Waals surface area contributed by atoms with Crippen LogP contribution in [0.25, 0.3) is 10.1 Å². The number of methoxy groups -OCH3 is 1. The summed E-state index contributed by atoms with van der Waals surface area (Å²) in [5.41, 5.74) is 1.66. The van der Waals surface area contributed by atoms with Crippen LogP contribution < -0.4 is 10.1 Å².